The summed E-state index contributed by atoms with van der Waals surface area (Å²) in [7, 11) is 0. The molecule has 0 atom stereocenters. The summed E-state index contributed by atoms with van der Waals surface area (Å²) in [5, 5.41) is 3.14. The molecule has 1 aromatic carbocycles. The van der Waals surface area contributed by atoms with Crippen LogP contribution in [0.15, 0.2) is 18.2 Å². The lowest BCUT2D eigenvalue weighted by Gasteiger charge is -2.38. The summed E-state index contributed by atoms with van der Waals surface area (Å²) < 4.78 is 5.21. The van der Waals surface area contributed by atoms with Gasteiger partial charge in [-0.25, -0.2) is 0 Å². The maximum Gasteiger partial charge on any atom is 0.246 e. The van der Waals surface area contributed by atoms with Gasteiger partial charge in [0.2, 0.25) is 5.91 Å². The molecule has 1 aliphatic heterocycles. The minimum absolute atomic E-state index is 0.0443. The van der Waals surface area contributed by atoms with Crippen LogP contribution in [-0.2, 0) is 22.4 Å². The Morgan fingerprint density at radius 3 is 2.61 bits per heavy atom. The van der Waals surface area contributed by atoms with Crippen molar-refractivity contribution in [3.8, 4) is 0 Å². The van der Waals surface area contributed by atoms with Crippen LogP contribution in [0.4, 0.5) is 5.69 Å². The Kier molecular flexibility index (Phi) is 8.26. The number of aryl methyl sites for hydroxylation is 1. The molecule has 1 saturated heterocycles. The smallest absolute Gasteiger partial charge is 0.246 e. The zero-order valence-corrected chi connectivity index (χ0v) is 19.4. The van der Waals surface area contributed by atoms with Gasteiger partial charge < -0.3 is 15.0 Å². The predicted molar refractivity (Wildman–Crippen MR) is 127 cm³/mol. The number of benzene rings is 1. The average molecular weight is 428 g/mol. The monoisotopic (exact) mass is 427 g/mol. The second-order valence-electron chi connectivity index (χ2n) is 9.66. The Morgan fingerprint density at radius 2 is 1.84 bits per heavy atom. The lowest BCUT2D eigenvalue weighted by atomic mass is 9.84. The van der Waals surface area contributed by atoms with Crippen molar-refractivity contribution >= 4 is 11.6 Å². The first-order chi connectivity index (χ1) is 15.2. The fraction of sp³-hybridized carbons (Fsp3) is 0.731. The summed E-state index contributed by atoms with van der Waals surface area (Å²) in [5.41, 5.74) is 4.74. The standard InChI is InChI=1S/C26H41N3O2/c1-2-31-20-26(30)27-23-12-10-21(11-13-23)14-15-28-16-18-29(19-17-28)25-9-5-7-22-6-3-4-8-24(22)25/h5,7,9,21,23H,2-4,6,8,10-20H2,1H3,(H,27,30). The topological polar surface area (TPSA) is 44.8 Å². The Morgan fingerprint density at radius 1 is 1.06 bits per heavy atom. The van der Waals surface area contributed by atoms with Crippen LogP contribution >= 0.6 is 0 Å². The van der Waals surface area contributed by atoms with E-state index >= 15 is 0 Å². The molecule has 172 valence electrons. The van der Waals surface area contributed by atoms with Gasteiger partial charge in [-0.15, -0.1) is 0 Å². The highest BCUT2D eigenvalue weighted by molar-refractivity contribution is 5.77. The highest BCUT2D eigenvalue weighted by Gasteiger charge is 2.25. The van der Waals surface area contributed by atoms with E-state index in [1.54, 1.807) is 11.1 Å². The van der Waals surface area contributed by atoms with Crippen LogP contribution in [0.1, 0.15) is 63.0 Å². The van der Waals surface area contributed by atoms with E-state index < -0.39 is 0 Å². The molecule has 1 saturated carbocycles. The summed E-state index contributed by atoms with van der Waals surface area (Å²) in [4.78, 5) is 17.1. The van der Waals surface area contributed by atoms with E-state index in [1.165, 1.54) is 70.3 Å². The average Bonchev–Trinajstić information content (AvgIpc) is 2.82. The van der Waals surface area contributed by atoms with Crippen molar-refractivity contribution < 1.29 is 9.53 Å². The van der Waals surface area contributed by atoms with Crippen LogP contribution in [0.25, 0.3) is 0 Å². The van der Waals surface area contributed by atoms with Gasteiger partial charge in [0.05, 0.1) is 0 Å². The molecule has 0 spiro atoms. The SMILES string of the molecule is CCOCC(=O)NC1CCC(CCN2CCN(c3cccc4c3CCCC4)CC2)CC1. The molecule has 0 unspecified atom stereocenters. The minimum atomic E-state index is 0.0443. The van der Waals surface area contributed by atoms with E-state index in [0.29, 0.717) is 12.6 Å². The van der Waals surface area contributed by atoms with Crippen molar-refractivity contribution in [2.45, 2.75) is 70.8 Å². The van der Waals surface area contributed by atoms with E-state index in [1.807, 2.05) is 6.92 Å². The van der Waals surface area contributed by atoms with E-state index in [0.717, 1.165) is 31.8 Å². The molecule has 1 amide bonds. The molecule has 1 heterocycles. The number of hydrogen-bond donors (Lipinski definition) is 1. The van der Waals surface area contributed by atoms with Gasteiger partial charge in [-0.3, -0.25) is 9.69 Å². The highest BCUT2D eigenvalue weighted by atomic mass is 16.5. The third-order valence-corrected chi connectivity index (χ3v) is 7.59. The number of hydrogen-bond acceptors (Lipinski definition) is 4. The summed E-state index contributed by atoms with van der Waals surface area (Å²) in [6, 6.07) is 7.31. The van der Waals surface area contributed by atoms with Gasteiger partial charge >= 0.3 is 0 Å². The third kappa shape index (κ3) is 6.23. The van der Waals surface area contributed by atoms with Gasteiger partial charge in [-0.2, -0.15) is 0 Å². The number of rotatable bonds is 8. The maximum absolute atomic E-state index is 11.8. The fourth-order valence-electron chi connectivity index (χ4n) is 5.69. The highest BCUT2D eigenvalue weighted by Crippen LogP contribution is 2.31. The normalized spacial score (nSPS) is 24.6. The number of carbonyl (C=O) groups is 1. The van der Waals surface area contributed by atoms with Crippen molar-refractivity contribution in [3.05, 3.63) is 29.3 Å². The number of nitrogens with one attached hydrogen (secondary N) is 1. The van der Waals surface area contributed by atoms with E-state index in [-0.39, 0.29) is 12.5 Å². The maximum atomic E-state index is 11.8. The number of carbonyl (C=O) groups excluding carboxylic acids is 1. The second kappa shape index (κ2) is 11.3. The molecule has 5 nitrogen and oxygen atoms in total. The van der Waals surface area contributed by atoms with Gasteiger partial charge in [0.15, 0.2) is 0 Å². The first-order valence-corrected chi connectivity index (χ1v) is 12.7. The lowest BCUT2D eigenvalue weighted by molar-refractivity contribution is -0.126. The van der Waals surface area contributed by atoms with Crippen LogP contribution in [0.3, 0.4) is 0 Å². The van der Waals surface area contributed by atoms with Crippen molar-refractivity contribution in [1.29, 1.82) is 0 Å². The summed E-state index contributed by atoms with van der Waals surface area (Å²) in [5.74, 6) is 0.863. The van der Waals surface area contributed by atoms with Gasteiger partial charge in [0, 0.05) is 44.5 Å². The fourth-order valence-corrected chi connectivity index (χ4v) is 5.69. The van der Waals surface area contributed by atoms with Crippen LogP contribution in [0.5, 0.6) is 0 Å². The number of nitrogens with zero attached hydrogens (tertiary/aromatic N) is 2. The minimum Gasteiger partial charge on any atom is -0.372 e. The van der Waals surface area contributed by atoms with Crippen LogP contribution in [-0.4, -0.2) is 62.8 Å². The zero-order chi connectivity index (χ0) is 21.5. The van der Waals surface area contributed by atoms with Crippen molar-refractivity contribution in [2.75, 3.05) is 50.8 Å². The van der Waals surface area contributed by atoms with Gasteiger partial charge in [-0.05, 0) is 94.4 Å². The molecule has 0 aromatic heterocycles. The molecule has 4 rings (SSSR count). The first-order valence-electron chi connectivity index (χ1n) is 12.7. The van der Waals surface area contributed by atoms with Gasteiger partial charge in [0.25, 0.3) is 0 Å². The van der Waals surface area contributed by atoms with Crippen molar-refractivity contribution in [2.24, 2.45) is 5.92 Å². The van der Waals surface area contributed by atoms with Crippen LogP contribution in [0.2, 0.25) is 0 Å². The van der Waals surface area contributed by atoms with E-state index in [2.05, 4.69) is 33.3 Å². The molecule has 5 heteroatoms. The molecule has 2 aliphatic carbocycles. The number of ether oxygens (including phenoxy) is 1. The van der Waals surface area contributed by atoms with Crippen LogP contribution < -0.4 is 10.2 Å². The largest absolute Gasteiger partial charge is 0.372 e. The van der Waals surface area contributed by atoms with Gasteiger partial charge in [0.1, 0.15) is 6.61 Å². The van der Waals surface area contributed by atoms with E-state index in [4.69, 9.17) is 4.74 Å². The molecule has 0 bridgehead atoms. The molecule has 1 aromatic rings. The molecule has 1 N–H and O–H groups in total. The summed E-state index contributed by atoms with van der Waals surface area (Å²) in [6.07, 6.45) is 11.3. The number of piperazine rings is 1. The Balaban J connectivity index is 1.15. The van der Waals surface area contributed by atoms with E-state index in [9.17, 15) is 4.79 Å². The Bertz CT molecular complexity index is 707. The molecule has 2 fully saturated rings. The summed E-state index contributed by atoms with van der Waals surface area (Å²) in [6.45, 7) is 8.65. The quantitative estimate of drug-likeness (QED) is 0.686. The first kappa shape index (κ1) is 22.6. The van der Waals surface area contributed by atoms with Gasteiger partial charge in [-0.1, -0.05) is 12.1 Å². The Hall–Kier alpha value is -1.59. The molecular weight excluding hydrogens is 386 g/mol. The van der Waals surface area contributed by atoms with Crippen molar-refractivity contribution in [3.63, 3.8) is 0 Å². The molecule has 31 heavy (non-hydrogen) atoms. The summed E-state index contributed by atoms with van der Waals surface area (Å²) >= 11 is 0. The zero-order valence-electron chi connectivity index (χ0n) is 19.4. The van der Waals surface area contributed by atoms with Crippen molar-refractivity contribution in [1.82, 2.24) is 10.2 Å². The number of anilines is 1. The number of amides is 1. The second-order valence-corrected chi connectivity index (χ2v) is 9.66. The molecule has 3 aliphatic rings. The third-order valence-electron chi connectivity index (χ3n) is 7.59. The predicted octanol–water partition coefficient (Wildman–Crippen LogP) is 3.79. The molecule has 0 radical (unpaired) electrons. The number of fused-ring (bicyclic) bond motifs is 1. The Labute approximate surface area is 188 Å². The van der Waals surface area contributed by atoms with Crippen LogP contribution in [0, 0.1) is 5.92 Å². The molecular formula is C26H41N3O2. The lowest BCUT2D eigenvalue weighted by Crippen LogP contribution is -2.47.